The number of likely N-dealkylation sites (tertiary alicyclic amines) is 3. The summed E-state index contributed by atoms with van der Waals surface area (Å²) in [6.07, 6.45) is 5.36. The van der Waals surface area contributed by atoms with Crippen LogP contribution < -0.4 is 0 Å². The fraction of sp³-hybridized carbons (Fsp3) is 0.652. The molecule has 3 fully saturated rings. The molecule has 0 aromatic heterocycles. The molecule has 0 spiro atoms. The summed E-state index contributed by atoms with van der Waals surface area (Å²) in [4.78, 5) is 27.1. The molecule has 2 atom stereocenters. The fourth-order valence-corrected chi connectivity index (χ4v) is 5.36. The molecule has 3 heterocycles. The highest BCUT2D eigenvalue weighted by atomic mass is 16.3. The molecule has 3 saturated heterocycles. The van der Waals surface area contributed by atoms with Gasteiger partial charge in [0.2, 0.25) is 5.91 Å². The number of piperidine rings is 2. The lowest BCUT2D eigenvalue weighted by Crippen LogP contribution is -2.62. The average Bonchev–Trinajstić information content (AvgIpc) is 3.30. The zero-order valence-corrected chi connectivity index (χ0v) is 17.9. The van der Waals surface area contributed by atoms with Crippen LogP contribution in [0.5, 0.6) is 0 Å². The SMILES string of the molecule is CC(=O)N1CCC(N2CC[C@](O)(c3ccccc3)[C@H](N3CCCC3)C2)CC1.O=CO. The van der Waals surface area contributed by atoms with Gasteiger partial charge in [-0.25, -0.2) is 0 Å². The van der Waals surface area contributed by atoms with Crippen LogP contribution in [0.15, 0.2) is 30.3 Å². The lowest BCUT2D eigenvalue weighted by atomic mass is 9.79. The zero-order valence-electron chi connectivity index (χ0n) is 17.9. The Balaban J connectivity index is 0.000000806. The second-order valence-corrected chi connectivity index (χ2v) is 8.64. The van der Waals surface area contributed by atoms with E-state index in [-0.39, 0.29) is 18.4 Å². The minimum absolute atomic E-state index is 0.155. The first-order valence-corrected chi connectivity index (χ1v) is 11.1. The molecule has 4 rings (SSSR count). The predicted molar refractivity (Wildman–Crippen MR) is 115 cm³/mol. The molecule has 3 aliphatic rings. The Hall–Kier alpha value is -1.96. The van der Waals surface area contributed by atoms with E-state index in [1.807, 2.05) is 23.1 Å². The van der Waals surface area contributed by atoms with E-state index in [1.165, 1.54) is 12.8 Å². The quantitative estimate of drug-likeness (QED) is 0.729. The van der Waals surface area contributed by atoms with Crippen molar-refractivity contribution in [2.45, 2.75) is 56.7 Å². The van der Waals surface area contributed by atoms with Gasteiger partial charge in [0.15, 0.2) is 0 Å². The summed E-state index contributed by atoms with van der Waals surface area (Å²) in [5.74, 6) is 0.195. The van der Waals surface area contributed by atoms with Gasteiger partial charge < -0.3 is 15.1 Å². The van der Waals surface area contributed by atoms with Gasteiger partial charge in [-0.05, 0) is 50.8 Å². The molecule has 1 aromatic rings. The molecule has 0 aliphatic carbocycles. The van der Waals surface area contributed by atoms with Crippen LogP contribution in [-0.2, 0) is 15.2 Å². The van der Waals surface area contributed by atoms with E-state index in [4.69, 9.17) is 9.90 Å². The summed E-state index contributed by atoms with van der Waals surface area (Å²) in [6, 6.07) is 11.0. The van der Waals surface area contributed by atoms with Gasteiger partial charge in [-0.3, -0.25) is 19.4 Å². The summed E-state index contributed by atoms with van der Waals surface area (Å²) in [7, 11) is 0. The maximum Gasteiger partial charge on any atom is 0.290 e. The van der Waals surface area contributed by atoms with Crippen molar-refractivity contribution in [3.8, 4) is 0 Å². The Morgan fingerprint density at radius 2 is 1.63 bits per heavy atom. The minimum atomic E-state index is -0.762. The molecule has 3 aliphatic heterocycles. The number of rotatable bonds is 3. The second-order valence-electron chi connectivity index (χ2n) is 8.64. The first-order valence-electron chi connectivity index (χ1n) is 11.1. The molecule has 2 N–H and O–H groups in total. The van der Waals surface area contributed by atoms with Gasteiger partial charge in [-0.2, -0.15) is 0 Å². The number of carbonyl (C=O) groups is 2. The van der Waals surface area contributed by atoms with Crippen molar-refractivity contribution >= 4 is 12.4 Å². The van der Waals surface area contributed by atoms with Gasteiger partial charge in [0.1, 0.15) is 5.60 Å². The van der Waals surface area contributed by atoms with E-state index >= 15 is 0 Å². The summed E-state index contributed by atoms with van der Waals surface area (Å²) in [5.41, 5.74) is 0.301. The molecule has 0 saturated carbocycles. The molecule has 0 unspecified atom stereocenters. The van der Waals surface area contributed by atoms with Gasteiger partial charge in [-0.1, -0.05) is 30.3 Å². The average molecular weight is 418 g/mol. The van der Waals surface area contributed by atoms with Crippen molar-refractivity contribution in [2.75, 3.05) is 39.3 Å². The van der Waals surface area contributed by atoms with Crippen molar-refractivity contribution in [2.24, 2.45) is 0 Å². The molecule has 0 radical (unpaired) electrons. The molecule has 1 amide bonds. The van der Waals surface area contributed by atoms with E-state index in [1.54, 1.807) is 6.92 Å². The summed E-state index contributed by atoms with van der Waals surface area (Å²) in [6.45, 7) is 7.20. The highest BCUT2D eigenvalue weighted by molar-refractivity contribution is 5.73. The van der Waals surface area contributed by atoms with Crippen LogP contribution in [0.4, 0.5) is 0 Å². The molecule has 1 aromatic carbocycles. The molecule has 7 heteroatoms. The Labute approximate surface area is 179 Å². The topological polar surface area (TPSA) is 84.3 Å². The maximum absolute atomic E-state index is 11.8. The van der Waals surface area contributed by atoms with Crippen LogP contribution in [-0.4, -0.2) is 88.6 Å². The smallest absolute Gasteiger partial charge is 0.290 e. The van der Waals surface area contributed by atoms with Gasteiger partial charge in [0.25, 0.3) is 6.47 Å². The lowest BCUT2D eigenvalue weighted by Gasteiger charge is -2.51. The van der Waals surface area contributed by atoms with Crippen molar-refractivity contribution < 1.29 is 19.8 Å². The van der Waals surface area contributed by atoms with Crippen LogP contribution in [0.2, 0.25) is 0 Å². The molecule has 0 bridgehead atoms. The third-order valence-electron chi connectivity index (χ3n) is 7.02. The monoisotopic (exact) mass is 417 g/mol. The van der Waals surface area contributed by atoms with Crippen molar-refractivity contribution in [3.05, 3.63) is 35.9 Å². The van der Waals surface area contributed by atoms with Gasteiger partial charge in [0.05, 0.1) is 6.04 Å². The van der Waals surface area contributed by atoms with Crippen molar-refractivity contribution in [3.63, 3.8) is 0 Å². The molecule has 7 nitrogen and oxygen atoms in total. The highest BCUT2D eigenvalue weighted by Crippen LogP contribution is 2.38. The molecular weight excluding hydrogens is 382 g/mol. The largest absolute Gasteiger partial charge is 0.483 e. The first kappa shape index (κ1) is 22.7. The van der Waals surface area contributed by atoms with Crippen molar-refractivity contribution in [1.82, 2.24) is 14.7 Å². The van der Waals surface area contributed by atoms with E-state index in [0.29, 0.717) is 6.04 Å². The number of benzene rings is 1. The van der Waals surface area contributed by atoms with E-state index in [2.05, 4.69) is 21.9 Å². The first-order chi connectivity index (χ1) is 14.5. The number of hydrogen-bond donors (Lipinski definition) is 2. The number of carbonyl (C=O) groups excluding carboxylic acids is 1. The van der Waals surface area contributed by atoms with Gasteiger partial charge in [-0.15, -0.1) is 0 Å². The van der Waals surface area contributed by atoms with Gasteiger partial charge >= 0.3 is 0 Å². The van der Waals surface area contributed by atoms with E-state index < -0.39 is 5.60 Å². The summed E-state index contributed by atoms with van der Waals surface area (Å²) >= 11 is 0. The summed E-state index contributed by atoms with van der Waals surface area (Å²) < 4.78 is 0. The van der Waals surface area contributed by atoms with E-state index in [0.717, 1.165) is 64.1 Å². The number of hydrogen-bond acceptors (Lipinski definition) is 5. The molecular formula is C23H35N3O4. The molecule has 30 heavy (non-hydrogen) atoms. The number of nitrogens with zero attached hydrogens (tertiary/aromatic N) is 3. The lowest BCUT2D eigenvalue weighted by molar-refractivity contribution is -0.131. The number of aliphatic hydroxyl groups is 1. The van der Waals surface area contributed by atoms with Crippen LogP contribution >= 0.6 is 0 Å². The normalized spacial score (nSPS) is 28.6. The Kier molecular flexibility index (Phi) is 7.86. The predicted octanol–water partition coefficient (Wildman–Crippen LogP) is 1.76. The van der Waals surface area contributed by atoms with Gasteiger partial charge in [0, 0.05) is 39.1 Å². The third kappa shape index (κ3) is 5.02. The van der Waals surface area contributed by atoms with Crippen LogP contribution in [0.3, 0.4) is 0 Å². The fourth-order valence-electron chi connectivity index (χ4n) is 5.36. The third-order valence-corrected chi connectivity index (χ3v) is 7.02. The maximum atomic E-state index is 11.8. The molecule has 166 valence electrons. The zero-order chi connectivity index (χ0) is 21.6. The van der Waals surface area contributed by atoms with Crippen LogP contribution in [0, 0.1) is 0 Å². The van der Waals surface area contributed by atoms with Crippen molar-refractivity contribution in [1.29, 1.82) is 0 Å². The van der Waals surface area contributed by atoms with Crippen LogP contribution in [0.1, 0.15) is 44.6 Å². The Morgan fingerprint density at radius 3 is 2.20 bits per heavy atom. The highest BCUT2D eigenvalue weighted by Gasteiger charge is 2.47. The second kappa shape index (κ2) is 10.4. The Morgan fingerprint density at radius 1 is 1.03 bits per heavy atom. The minimum Gasteiger partial charge on any atom is -0.483 e. The Bertz CT molecular complexity index is 687. The standard InChI is InChI=1S/C22H33N3O2.CH2O2/c1-18(26)23-14-9-20(10-15-23)25-16-11-22(27,19-7-3-2-4-8-19)21(17-25)24-12-5-6-13-24;2-1-3/h2-4,7-8,20-21,27H,5-6,9-17H2,1H3;1H,(H,2,3)/t21-,22+;/m1./s1. The number of amides is 1. The summed E-state index contributed by atoms with van der Waals surface area (Å²) in [5, 5.41) is 18.7. The van der Waals surface area contributed by atoms with E-state index in [9.17, 15) is 9.90 Å². The van der Waals surface area contributed by atoms with Crippen LogP contribution in [0.25, 0.3) is 0 Å². The number of carboxylic acid groups (broad SMARTS) is 1.